The molecule has 39 heavy (non-hydrogen) atoms. The van der Waals surface area contributed by atoms with Crippen molar-refractivity contribution in [3.63, 3.8) is 0 Å². The first-order valence-corrected chi connectivity index (χ1v) is 14.7. The van der Waals surface area contributed by atoms with Crippen molar-refractivity contribution < 1.29 is 14.2 Å². The van der Waals surface area contributed by atoms with Crippen LogP contribution in [0, 0.1) is 0 Å². The van der Waals surface area contributed by atoms with Crippen LogP contribution in [0.4, 0.5) is 0 Å². The van der Waals surface area contributed by atoms with Crippen LogP contribution in [0.3, 0.4) is 0 Å². The Morgan fingerprint density at radius 2 is 1.69 bits per heavy atom. The molecule has 1 aromatic heterocycles. The Morgan fingerprint density at radius 1 is 0.974 bits per heavy atom. The van der Waals surface area contributed by atoms with Crippen molar-refractivity contribution >= 4 is 34.9 Å². The summed E-state index contributed by atoms with van der Waals surface area (Å²) < 4.78 is 19.0. The summed E-state index contributed by atoms with van der Waals surface area (Å²) in [7, 11) is 4.74. The number of aromatic nitrogens is 1. The lowest BCUT2D eigenvalue weighted by Crippen LogP contribution is -2.38. The predicted molar refractivity (Wildman–Crippen MR) is 157 cm³/mol. The van der Waals surface area contributed by atoms with Gasteiger partial charge in [-0.2, -0.15) is 0 Å². The molecule has 6 nitrogen and oxygen atoms in total. The molecule has 0 saturated heterocycles. The second-order valence-corrected chi connectivity index (χ2v) is 11.2. The monoisotopic (exact) mass is 556 g/mol. The van der Waals surface area contributed by atoms with Gasteiger partial charge in [0.05, 0.1) is 37.6 Å². The van der Waals surface area contributed by atoms with E-state index in [0.717, 1.165) is 35.2 Å². The molecule has 0 radical (unpaired) electrons. The number of hydrogen-bond donors (Lipinski definition) is 0. The molecule has 1 atom stereocenters. The summed E-state index contributed by atoms with van der Waals surface area (Å²) in [4.78, 5) is 21.0. The minimum Gasteiger partial charge on any atom is -0.493 e. The van der Waals surface area contributed by atoms with Crippen LogP contribution in [0.2, 0.25) is 0 Å². The Morgan fingerprint density at radius 3 is 2.36 bits per heavy atom. The van der Waals surface area contributed by atoms with Crippen LogP contribution in [0.15, 0.2) is 80.9 Å². The number of benzene rings is 3. The topological polar surface area (TPSA) is 62.1 Å². The van der Waals surface area contributed by atoms with Gasteiger partial charge in [0, 0.05) is 10.5 Å². The van der Waals surface area contributed by atoms with E-state index in [1.165, 1.54) is 27.4 Å². The van der Waals surface area contributed by atoms with Gasteiger partial charge in [0.1, 0.15) is 0 Å². The standard InChI is InChI=1S/C31H28N2O4S2/c1-35-24-15-18(16-25(36-2)29(24)37-3)17-26-30(34)33-28(20-9-12-21(38-4)13-10-20)23-14-11-19-7-5-6-8-22(19)27(23)32-31(33)39-26/h5-10,12-13,15-17,28H,11,14H2,1-4H3. The van der Waals surface area contributed by atoms with Crippen LogP contribution in [0.25, 0.3) is 11.8 Å². The number of ether oxygens (including phenoxy) is 3. The summed E-state index contributed by atoms with van der Waals surface area (Å²) in [5, 5.41) is 0. The summed E-state index contributed by atoms with van der Waals surface area (Å²) in [5.74, 6) is 1.59. The van der Waals surface area contributed by atoms with Crippen LogP contribution in [0.5, 0.6) is 17.2 Å². The van der Waals surface area contributed by atoms with E-state index in [0.29, 0.717) is 26.6 Å². The number of thioether (sulfide) groups is 1. The van der Waals surface area contributed by atoms with Gasteiger partial charge in [-0.3, -0.25) is 9.36 Å². The van der Waals surface area contributed by atoms with Crippen molar-refractivity contribution in [1.82, 2.24) is 4.57 Å². The second-order valence-electron chi connectivity index (χ2n) is 9.35. The third kappa shape index (κ3) is 4.37. The fourth-order valence-electron chi connectivity index (χ4n) is 5.44. The number of methoxy groups -OCH3 is 3. The van der Waals surface area contributed by atoms with Gasteiger partial charge in [-0.25, -0.2) is 4.99 Å². The number of aryl methyl sites for hydroxylation is 1. The average Bonchev–Trinajstić information content (AvgIpc) is 3.29. The maximum atomic E-state index is 14.0. The molecule has 198 valence electrons. The fourth-order valence-corrected chi connectivity index (χ4v) is 6.85. The highest BCUT2D eigenvalue weighted by atomic mass is 32.2. The summed E-state index contributed by atoms with van der Waals surface area (Å²) in [5.41, 5.74) is 6.46. The van der Waals surface area contributed by atoms with E-state index in [-0.39, 0.29) is 11.6 Å². The molecule has 3 aromatic carbocycles. The third-order valence-corrected chi connectivity index (χ3v) is 9.02. The zero-order valence-electron chi connectivity index (χ0n) is 22.2. The minimum absolute atomic E-state index is 0.0585. The van der Waals surface area contributed by atoms with Gasteiger partial charge in [-0.15, -0.1) is 11.8 Å². The maximum Gasteiger partial charge on any atom is 0.271 e. The predicted octanol–water partition coefficient (Wildman–Crippen LogP) is 5.07. The molecule has 2 aliphatic rings. The number of rotatable bonds is 6. The first-order valence-electron chi connectivity index (χ1n) is 12.6. The minimum atomic E-state index is -0.206. The first kappa shape index (κ1) is 25.5. The van der Waals surface area contributed by atoms with Gasteiger partial charge >= 0.3 is 0 Å². The van der Waals surface area contributed by atoms with Gasteiger partial charge < -0.3 is 14.2 Å². The molecule has 0 saturated carbocycles. The first-order chi connectivity index (χ1) is 19.1. The maximum absolute atomic E-state index is 14.0. The smallest absolute Gasteiger partial charge is 0.271 e. The second kappa shape index (κ2) is 10.4. The highest BCUT2D eigenvalue weighted by Gasteiger charge is 2.32. The summed E-state index contributed by atoms with van der Waals surface area (Å²) >= 11 is 3.12. The van der Waals surface area contributed by atoms with Gasteiger partial charge in [0.15, 0.2) is 16.3 Å². The highest BCUT2D eigenvalue weighted by molar-refractivity contribution is 7.98. The quantitative estimate of drug-likeness (QED) is 0.311. The van der Waals surface area contributed by atoms with E-state index in [1.54, 1.807) is 33.1 Å². The van der Waals surface area contributed by atoms with Gasteiger partial charge in [-0.05, 0) is 71.7 Å². The van der Waals surface area contributed by atoms with Crippen molar-refractivity contribution in [1.29, 1.82) is 0 Å². The lowest BCUT2D eigenvalue weighted by atomic mass is 9.83. The molecule has 1 aliphatic heterocycles. The van der Waals surface area contributed by atoms with Crippen molar-refractivity contribution in [3.8, 4) is 17.2 Å². The molecule has 0 amide bonds. The Hall–Kier alpha value is -3.75. The number of hydrogen-bond acceptors (Lipinski definition) is 7. The molecule has 0 N–H and O–H groups in total. The third-order valence-electron chi connectivity index (χ3n) is 7.29. The molecule has 1 unspecified atom stereocenters. The Bertz CT molecular complexity index is 1760. The van der Waals surface area contributed by atoms with Crippen LogP contribution < -0.4 is 29.1 Å². The molecule has 1 aliphatic carbocycles. The van der Waals surface area contributed by atoms with E-state index in [9.17, 15) is 4.79 Å². The Labute approximate surface area is 234 Å². The van der Waals surface area contributed by atoms with E-state index in [4.69, 9.17) is 19.2 Å². The van der Waals surface area contributed by atoms with Crippen molar-refractivity contribution in [2.24, 2.45) is 4.99 Å². The molecule has 0 spiro atoms. The lowest BCUT2D eigenvalue weighted by molar-refractivity contribution is 0.324. The average molecular weight is 557 g/mol. The summed E-state index contributed by atoms with van der Waals surface area (Å²) in [6, 6.07) is 20.5. The SMILES string of the molecule is COc1cc(C=c2sc3n(c2=O)C(c2ccc(SC)cc2)C2=C(N=3)c3ccccc3CC2)cc(OC)c1OC. The molecular weight excluding hydrogens is 528 g/mol. The number of thiazole rings is 1. The van der Waals surface area contributed by atoms with Gasteiger partial charge in [-0.1, -0.05) is 47.7 Å². The van der Waals surface area contributed by atoms with E-state index >= 15 is 0 Å². The molecule has 0 fully saturated rings. The molecular formula is C31H28N2O4S2. The largest absolute Gasteiger partial charge is 0.493 e. The lowest BCUT2D eigenvalue weighted by Gasteiger charge is -2.30. The fraction of sp³-hybridized carbons (Fsp3) is 0.226. The van der Waals surface area contributed by atoms with E-state index in [2.05, 4.69) is 54.8 Å². The Balaban J connectivity index is 1.58. The van der Waals surface area contributed by atoms with Crippen LogP contribution >= 0.6 is 23.1 Å². The van der Waals surface area contributed by atoms with Gasteiger partial charge in [0.2, 0.25) is 5.75 Å². The summed E-state index contributed by atoms with van der Waals surface area (Å²) in [6.45, 7) is 0. The number of nitrogens with zero attached hydrogens (tertiary/aromatic N) is 2. The van der Waals surface area contributed by atoms with Gasteiger partial charge in [0.25, 0.3) is 5.56 Å². The molecule has 0 bridgehead atoms. The highest BCUT2D eigenvalue weighted by Crippen LogP contribution is 2.42. The molecule has 2 heterocycles. The van der Waals surface area contributed by atoms with E-state index in [1.807, 2.05) is 22.8 Å². The number of fused-ring (bicyclic) bond motifs is 3. The normalized spacial score (nSPS) is 16.2. The number of allylic oxidation sites excluding steroid dienone is 1. The van der Waals surface area contributed by atoms with Crippen molar-refractivity contribution in [3.05, 3.63) is 108 Å². The van der Waals surface area contributed by atoms with Crippen molar-refractivity contribution in [2.75, 3.05) is 27.6 Å². The molecule has 6 rings (SSSR count). The van der Waals surface area contributed by atoms with Crippen LogP contribution in [0.1, 0.15) is 34.7 Å². The summed E-state index contributed by atoms with van der Waals surface area (Å²) in [6.07, 6.45) is 5.74. The molecule has 8 heteroatoms. The van der Waals surface area contributed by atoms with E-state index < -0.39 is 0 Å². The zero-order valence-corrected chi connectivity index (χ0v) is 23.8. The Kier molecular flexibility index (Phi) is 6.83. The van der Waals surface area contributed by atoms with Crippen LogP contribution in [-0.2, 0) is 6.42 Å². The molecule has 4 aromatic rings. The zero-order chi connectivity index (χ0) is 27.1. The van der Waals surface area contributed by atoms with Crippen LogP contribution in [-0.4, -0.2) is 32.2 Å². The van der Waals surface area contributed by atoms with Crippen molar-refractivity contribution in [2.45, 2.75) is 23.8 Å².